The number of carbonyl (C=O) groups is 1. The van der Waals surface area contributed by atoms with Crippen molar-refractivity contribution in [3.63, 3.8) is 0 Å². The van der Waals surface area contributed by atoms with E-state index in [0.29, 0.717) is 6.54 Å². The van der Waals surface area contributed by atoms with Gasteiger partial charge in [0.1, 0.15) is 0 Å². The molecule has 0 spiro atoms. The molecule has 13 heavy (non-hydrogen) atoms. The lowest BCUT2D eigenvalue weighted by molar-refractivity contribution is -0.119. The van der Waals surface area contributed by atoms with Crippen molar-refractivity contribution in [2.24, 2.45) is 0 Å². The van der Waals surface area contributed by atoms with Gasteiger partial charge in [-0.25, -0.2) is 0 Å². The van der Waals surface area contributed by atoms with Gasteiger partial charge in [0.2, 0.25) is 5.91 Å². The van der Waals surface area contributed by atoms with E-state index in [-0.39, 0.29) is 12.5 Å². The molecule has 0 aromatic rings. The molecule has 0 fully saturated rings. The summed E-state index contributed by atoms with van der Waals surface area (Å²) in [6, 6.07) is 0. The molecule has 0 rings (SSSR count). The molecule has 0 aliphatic carbocycles. The molecule has 6 heteroatoms. The largest absolute Gasteiger partial charge is 0.540 e. The van der Waals surface area contributed by atoms with E-state index in [1.165, 1.54) is 20.8 Å². The highest BCUT2D eigenvalue weighted by molar-refractivity contribution is 7.39. The summed E-state index contributed by atoms with van der Waals surface area (Å²) < 4.78 is 15.8. The minimum absolute atomic E-state index is 0.144. The SMILES string of the molecule is CC(=O)NCCOC(C)(C)[P+](=O)O. The Morgan fingerprint density at radius 2 is 2.15 bits per heavy atom. The Hall–Kier alpha value is -0.510. The van der Waals surface area contributed by atoms with Crippen LogP contribution in [0.4, 0.5) is 0 Å². The standard InChI is InChI=1S/C7H14NO4P/c1-6(9)8-4-5-12-7(2,3)13(10)11/h4-5H2,1-3H3,(H-,8,9,10,11)/p+1. The van der Waals surface area contributed by atoms with Gasteiger partial charge in [-0.1, -0.05) is 0 Å². The number of nitrogens with one attached hydrogen (secondary N) is 1. The van der Waals surface area contributed by atoms with Crippen LogP contribution in [-0.4, -0.2) is 29.3 Å². The molecule has 0 aromatic heterocycles. The van der Waals surface area contributed by atoms with Crippen molar-refractivity contribution < 1.29 is 19.0 Å². The average Bonchev–Trinajstić information content (AvgIpc) is 1.97. The van der Waals surface area contributed by atoms with Crippen LogP contribution in [0.15, 0.2) is 0 Å². The van der Waals surface area contributed by atoms with Gasteiger partial charge in [-0.2, -0.15) is 4.89 Å². The highest BCUT2D eigenvalue weighted by atomic mass is 31.1. The minimum Gasteiger partial charge on any atom is -0.354 e. The van der Waals surface area contributed by atoms with E-state index in [9.17, 15) is 9.36 Å². The van der Waals surface area contributed by atoms with E-state index in [0.717, 1.165) is 0 Å². The van der Waals surface area contributed by atoms with Crippen LogP contribution in [0.25, 0.3) is 0 Å². The fourth-order valence-electron chi connectivity index (χ4n) is 0.583. The number of amides is 1. The van der Waals surface area contributed by atoms with Crippen molar-refractivity contribution in [2.45, 2.75) is 26.1 Å². The van der Waals surface area contributed by atoms with Gasteiger partial charge in [-0.15, -0.1) is 0 Å². The molecular weight excluding hydrogens is 193 g/mol. The molecule has 0 saturated carbocycles. The van der Waals surface area contributed by atoms with Crippen LogP contribution >= 0.6 is 8.03 Å². The molecule has 0 saturated heterocycles. The number of rotatable bonds is 5. The first-order valence-corrected chi connectivity index (χ1v) is 5.12. The molecule has 0 radical (unpaired) electrons. The summed E-state index contributed by atoms with van der Waals surface area (Å²) in [4.78, 5) is 19.2. The Labute approximate surface area is 78.3 Å². The zero-order chi connectivity index (χ0) is 10.5. The van der Waals surface area contributed by atoms with Gasteiger partial charge in [0.05, 0.1) is 6.61 Å². The second-order valence-electron chi connectivity index (χ2n) is 3.05. The molecular formula is C7H15NO4P+. The van der Waals surface area contributed by atoms with E-state index in [1.807, 2.05) is 0 Å². The summed E-state index contributed by atoms with van der Waals surface area (Å²) in [6.45, 7) is 5.03. The van der Waals surface area contributed by atoms with Crippen LogP contribution in [0, 0.1) is 0 Å². The normalized spacial score (nSPS) is 12.5. The zero-order valence-electron chi connectivity index (χ0n) is 8.03. The lowest BCUT2D eigenvalue weighted by Gasteiger charge is -2.11. The molecule has 0 bridgehead atoms. The van der Waals surface area contributed by atoms with Crippen LogP contribution in [0.5, 0.6) is 0 Å². The van der Waals surface area contributed by atoms with Crippen LogP contribution in [0.2, 0.25) is 0 Å². The summed E-state index contributed by atoms with van der Waals surface area (Å²) in [5.74, 6) is -0.144. The Kier molecular flexibility index (Phi) is 5.06. The smallest absolute Gasteiger partial charge is 0.354 e. The molecule has 5 nitrogen and oxygen atoms in total. The number of ether oxygens (including phenoxy) is 1. The summed E-state index contributed by atoms with van der Waals surface area (Å²) >= 11 is 0. The van der Waals surface area contributed by atoms with Crippen molar-refractivity contribution in [3.8, 4) is 0 Å². The average molecular weight is 208 g/mol. The molecule has 0 aliphatic heterocycles. The van der Waals surface area contributed by atoms with Crippen LogP contribution in [0.3, 0.4) is 0 Å². The third-order valence-corrected chi connectivity index (χ3v) is 2.44. The predicted octanol–water partition coefficient (Wildman–Crippen LogP) is 0.610. The van der Waals surface area contributed by atoms with Gasteiger partial charge < -0.3 is 10.1 Å². The van der Waals surface area contributed by atoms with E-state index in [4.69, 9.17) is 9.63 Å². The van der Waals surface area contributed by atoms with Gasteiger partial charge in [-0.05, 0) is 4.57 Å². The quantitative estimate of drug-likeness (QED) is 0.512. The second-order valence-corrected chi connectivity index (χ2v) is 4.67. The summed E-state index contributed by atoms with van der Waals surface area (Å²) in [6.07, 6.45) is 0. The van der Waals surface area contributed by atoms with Gasteiger partial charge in [0.25, 0.3) is 5.34 Å². The Balaban J connectivity index is 3.64. The first-order valence-electron chi connectivity index (χ1n) is 3.91. The highest BCUT2D eigenvalue weighted by Gasteiger charge is 2.40. The molecule has 1 unspecified atom stereocenters. The monoisotopic (exact) mass is 208 g/mol. The van der Waals surface area contributed by atoms with Gasteiger partial charge >= 0.3 is 8.03 Å². The Morgan fingerprint density at radius 1 is 1.62 bits per heavy atom. The molecule has 1 amide bonds. The number of carbonyl (C=O) groups excluding carboxylic acids is 1. The Morgan fingerprint density at radius 3 is 2.54 bits per heavy atom. The topological polar surface area (TPSA) is 75.6 Å². The molecule has 0 aromatic carbocycles. The van der Waals surface area contributed by atoms with Crippen LogP contribution < -0.4 is 5.32 Å². The molecule has 2 N–H and O–H groups in total. The third-order valence-electron chi connectivity index (χ3n) is 1.39. The van der Waals surface area contributed by atoms with E-state index in [1.54, 1.807) is 0 Å². The maximum atomic E-state index is 10.7. The third kappa shape index (κ3) is 5.69. The van der Waals surface area contributed by atoms with Gasteiger partial charge in [0, 0.05) is 27.3 Å². The molecule has 0 heterocycles. The molecule has 0 aliphatic rings. The molecule has 1 atom stereocenters. The summed E-state index contributed by atoms with van der Waals surface area (Å²) in [5.41, 5.74) is 0. The fraction of sp³-hybridized carbons (Fsp3) is 0.857. The second kappa shape index (κ2) is 5.27. The van der Waals surface area contributed by atoms with Crippen LogP contribution in [-0.2, 0) is 14.1 Å². The number of hydrogen-bond acceptors (Lipinski definition) is 3. The fourth-order valence-corrected chi connectivity index (χ4v) is 0.785. The van der Waals surface area contributed by atoms with Crippen molar-refractivity contribution in [1.29, 1.82) is 0 Å². The highest BCUT2D eigenvalue weighted by Crippen LogP contribution is 2.34. The Bertz CT molecular complexity index is 205. The van der Waals surface area contributed by atoms with E-state index < -0.39 is 13.4 Å². The maximum absolute atomic E-state index is 10.7. The number of hydrogen-bond donors (Lipinski definition) is 2. The first-order chi connectivity index (χ1) is 5.86. The molecule has 76 valence electrons. The van der Waals surface area contributed by atoms with Crippen molar-refractivity contribution in [2.75, 3.05) is 13.2 Å². The summed E-state index contributed by atoms with van der Waals surface area (Å²) in [5, 5.41) is 1.47. The minimum atomic E-state index is -2.36. The van der Waals surface area contributed by atoms with Crippen molar-refractivity contribution in [3.05, 3.63) is 0 Å². The predicted molar refractivity (Wildman–Crippen MR) is 48.5 cm³/mol. The van der Waals surface area contributed by atoms with Crippen LogP contribution in [0.1, 0.15) is 20.8 Å². The summed E-state index contributed by atoms with van der Waals surface area (Å²) in [7, 11) is -2.36. The lowest BCUT2D eigenvalue weighted by Crippen LogP contribution is -2.29. The van der Waals surface area contributed by atoms with Crippen molar-refractivity contribution in [1.82, 2.24) is 5.32 Å². The lowest BCUT2D eigenvalue weighted by atomic mass is 10.4. The zero-order valence-corrected chi connectivity index (χ0v) is 8.93. The van der Waals surface area contributed by atoms with Gasteiger partial charge in [0.15, 0.2) is 0 Å². The van der Waals surface area contributed by atoms with Crippen molar-refractivity contribution >= 4 is 13.9 Å². The first kappa shape index (κ1) is 12.5. The van der Waals surface area contributed by atoms with E-state index >= 15 is 0 Å². The maximum Gasteiger partial charge on any atom is 0.540 e. The van der Waals surface area contributed by atoms with Gasteiger partial charge in [-0.3, -0.25) is 4.79 Å². The van der Waals surface area contributed by atoms with E-state index in [2.05, 4.69) is 5.32 Å².